The average molecular weight is 339 g/mol. The first kappa shape index (κ1) is 14.3. The van der Waals surface area contributed by atoms with Gasteiger partial charge in [-0.1, -0.05) is 6.07 Å². The molecule has 0 aliphatic heterocycles. The number of esters is 1. The molecule has 0 fully saturated rings. The Labute approximate surface area is 123 Å². The molecule has 0 aromatic heterocycles. The molecule has 2 aromatic carbocycles. The van der Waals surface area contributed by atoms with Crippen molar-refractivity contribution in [3.8, 4) is 0 Å². The first-order valence-electron chi connectivity index (χ1n) is 5.72. The molecule has 0 saturated carbocycles. The summed E-state index contributed by atoms with van der Waals surface area (Å²) < 4.78 is 18.2. The number of benzene rings is 2. The maximum Gasteiger partial charge on any atom is 0.340 e. The van der Waals surface area contributed by atoms with Gasteiger partial charge in [-0.15, -0.1) is 0 Å². The van der Waals surface area contributed by atoms with Crippen LogP contribution < -0.4 is 11.1 Å². The number of rotatable bonds is 3. The Bertz CT molecular complexity index is 662. The van der Waals surface area contributed by atoms with Gasteiger partial charge in [-0.25, -0.2) is 9.18 Å². The van der Waals surface area contributed by atoms with E-state index in [1.165, 1.54) is 19.2 Å². The summed E-state index contributed by atoms with van der Waals surface area (Å²) in [6, 6.07) is 9.21. The molecule has 0 aliphatic rings. The van der Waals surface area contributed by atoms with E-state index in [0.29, 0.717) is 15.8 Å². The van der Waals surface area contributed by atoms with Gasteiger partial charge in [0.05, 0.1) is 29.7 Å². The fraction of sp³-hybridized carbons (Fsp3) is 0.0714. The lowest BCUT2D eigenvalue weighted by Crippen LogP contribution is -2.07. The molecule has 20 heavy (non-hydrogen) atoms. The van der Waals surface area contributed by atoms with E-state index in [0.717, 1.165) is 0 Å². The van der Waals surface area contributed by atoms with Crippen molar-refractivity contribution in [3.63, 3.8) is 0 Å². The topological polar surface area (TPSA) is 64.3 Å². The van der Waals surface area contributed by atoms with Gasteiger partial charge in [0.25, 0.3) is 0 Å². The first-order valence-corrected chi connectivity index (χ1v) is 6.51. The van der Waals surface area contributed by atoms with Crippen molar-refractivity contribution >= 4 is 39.0 Å². The molecule has 4 nitrogen and oxygen atoms in total. The van der Waals surface area contributed by atoms with E-state index < -0.39 is 5.97 Å². The molecule has 6 heteroatoms. The van der Waals surface area contributed by atoms with Crippen LogP contribution in [-0.2, 0) is 4.74 Å². The molecule has 0 atom stereocenters. The minimum absolute atomic E-state index is 0.274. The first-order chi connectivity index (χ1) is 9.52. The van der Waals surface area contributed by atoms with Crippen molar-refractivity contribution in [1.82, 2.24) is 0 Å². The maximum absolute atomic E-state index is 13.0. The van der Waals surface area contributed by atoms with Gasteiger partial charge in [0, 0.05) is 4.47 Å². The molecule has 0 bridgehead atoms. The molecule has 0 radical (unpaired) electrons. The van der Waals surface area contributed by atoms with Crippen LogP contribution in [0.1, 0.15) is 10.4 Å². The van der Waals surface area contributed by atoms with Gasteiger partial charge < -0.3 is 15.8 Å². The summed E-state index contributed by atoms with van der Waals surface area (Å²) in [7, 11) is 1.29. The minimum Gasteiger partial charge on any atom is -0.465 e. The zero-order chi connectivity index (χ0) is 14.7. The highest BCUT2D eigenvalue weighted by Crippen LogP contribution is 2.31. The average Bonchev–Trinajstić information content (AvgIpc) is 2.43. The highest BCUT2D eigenvalue weighted by Gasteiger charge is 2.13. The number of nitrogens with two attached hydrogens (primary N) is 1. The van der Waals surface area contributed by atoms with Crippen molar-refractivity contribution in [2.75, 3.05) is 18.2 Å². The summed E-state index contributed by atoms with van der Waals surface area (Å²) in [5, 5.41) is 3.04. The van der Waals surface area contributed by atoms with Crippen LogP contribution in [0.15, 0.2) is 40.9 Å². The van der Waals surface area contributed by atoms with Crippen molar-refractivity contribution in [1.29, 1.82) is 0 Å². The Hall–Kier alpha value is -2.08. The maximum atomic E-state index is 13.0. The summed E-state index contributed by atoms with van der Waals surface area (Å²) in [5.41, 5.74) is 7.66. The second-order valence-corrected chi connectivity index (χ2v) is 4.86. The predicted molar refractivity (Wildman–Crippen MR) is 79.6 cm³/mol. The van der Waals surface area contributed by atoms with Crippen LogP contribution in [0, 0.1) is 5.82 Å². The number of methoxy groups -OCH3 is 1. The largest absolute Gasteiger partial charge is 0.465 e. The van der Waals surface area contributed by atoms with E-state index in [1.807, 2.05) is 0 Å². The third-order valence-corrected chi connectivity index (χ3v) is 3.37. The smallest absolute Gasteiger partial charge is 0.340 e. The second kappa shape index (κ2) is 5.92. The highest BCUT2D eigenvalue weighted by molar-refractivity contribution is 9.10. The Morgan fingerprint density at radius 3 is 2.70 bits per heavy atom. The lowest BCUT2D eigenvalue weighted by atomic mass is 10.1. The van der Waals surface area contributed by atoms with Crippen LogP contribution in [0.25, 0.3) is 0 Å². The summed E-state index contributed by atoms with van der Waals surface area (Å²) in [5.74, 6) is -0.858. The fourth-order valence-electron chi connectivity index (χ4n) is 1.70. The van der Waals surface area contributed by atoms with Crippen LogP contribution in [0.5, 0.6) is 0 Å². The molecule has 0 saturated heterocycles. The molecular weight excluding hydrogens is 327 g/mol. The number of para-hydroxylation sites is 1. The monoisotopic (exact) mass is 338 g/mol. The third kappa shape index (κ3) is 2.91. The molecule has 0 amide bonds. The van der Waals surface area contributed by atoms with Crippen LogP contribution >= 0.6 is 15.9 Å². The molecule has 0 heterocycles. The van der Waals surface area contributed by atoms with E-state index in [1.54, 1.807) is 24.3 Å². The number of halogens is 2. The standard InChI is InChI=1S/C14H12BrFN2O2/c1-20-14(19)9-3-2-4-12(13(9)17)18-11-6-5-8(16)7-10(11)15/h2-7,18H,17H2,1H3. The minimum atomic E-state index is -0.510. The Kier molecular flexibility index (Phi) is 4.24. The molecule has 0 aliphatic carbocycles. The number of hydrogen-bond donors (Lipinski definition) is 2. The van der Waals surface area contributed by atoms with E-state index in [9.17, 15) is 9.18 Å². The van der Waals surface area contributed by atoms with Gasteiger partial charge in [0.2, 0.25) is 0 Å². The van der Waals surface area contributed by atoms with E-state index >= 15 is 0 Å². The zero-order valence-electron chi connectivity index (χ0n) is 10.6. The van der Waals surface area contributed by atoms with Crippen LogP contribution in [-0.4, -0.2) is 13.1 Å². The number of carbonyl (C=O) groups excluding carboxylic acids is 1. The third-order valence-electron chi connectivity index (χ3n) is 2.71. The number of carbonyl (C=O) groups is 1. The van der Waals surface area contributed by atoms with Crippen molar-refractivity contribution in [2.24, 2.45) is 0 Å². The second-order valence-electron chi connectivity index (χ2n) is 4.01. The predicted octanol–water partition coefficient (Wildman–Crippen LogP) is 3.70. The lowest BCUT2D eigenvalue weighted by molar-refractivity contribution is 0.0602. The number of anilines is 3. The number of hydrogen-bond acceptors (Lipinski definition) is 4. The number of nitrogen functional groups attached to an aromatic ring is 1. The van der Waals surface area contributed by atoms with Gasteiger partial charge in [0.15, 0.2) is 0 Å². The molecule has 0 unspecified atom stereocenters. The van der Waals surface area contributed by atoms with Crippen molar-refractivity contribution in [3.05, 3.63) is 52.3 Å². The molecule has 104 valence electrons. The summed E-state index contributed by atoms with van der Waals surface area (Å²) in [4.78, 5) is 11.6. The van der Waals surface area contributed by atoms with E-state index in [2.05, 4.69) is 26.0 Å². The number of nitrogens with one attached hydrogen (secondary N) is 1. The van der Waals surface area contributed by atoms with Gasteiger partial charge >= 0.3 is 5.97 Å². The lowest BCUT2D eigenvalue weighted by Gasteiger charge is -2.13. The molecule has 3 N–H and O–H groups in total. The van der Waals surface area contributed by atoms with Gasteiger partial charge in [-0.2, -0.15) is 0 Å². The van der Waals surface area contributed by atoms with Gasteiger partial charge in [0.1, 0.15) is 5.82 Å². The summed E-state index contributed by atoms with van der Waals surface area (Å²) in [6.45, 7) is 0. The molecule has 0 spiro atoms. The molecular formula is C14H12BrFN2O2. The SMILES string of the molecule is COC(=O)c1cccc(Nc2ccc(F)cc2Br)c1N. The van der Waals surface area contributed by atoms with Crippen molar-refractivity contribution in [2.45, 2.75) is 0 Å². The van der Waals surface area contributed by atoms with Gasteiger partial charge in [-0.3, -0.25) is 0 Å². The molecule has 2 rings (SSSR count). The molecule has 2 aromatic rings. The summed E-state index contributed by atoms with van der Waals surface area (Å²) >= 11 is 3.26. The fourth-order valence-corrected chi connectivity index (χ4v) is 2.15. The Morgan fingerprint density at radius 1 is 1.30 bits per heavy atom. The Balaban J connectivity index is 2.37. The Morgan fingerprint density at radius 2 is 2.05 bits per heavy atom. The van der Waals surface area contributed by atoms with Crippen LogP contribution in [0.3, 0.4) is 0 Å². The number of ether oxygens (including phenoxy) is 1. The normalized spacial score (nSPS) is 10.2. The van der Waals surface area contributed by atoms with E-state index in [4.69, 9.17) is 5.73 Å². The summed E-state index contributed by atoms with van der Waals surface area (Å²) in [6.07, 6.45) is 0. The van der Waals surface area contributed by atoms with Gasteiger partial charge in [-0.05, 0) is 46.3 Å². The zero-order valence-corrected chi connectivity index (χ0v) is 12.2. The van der Waals surface area contributed by atoms with Crippen molar-refractivity contribution < 1.29 is 13.9 Å². The van der Waals surface area contributed by atoms with E-state index in [-0.39, 0.29) is 17.1 Å². The van der Waals surface area contributed by atoms with Crippen LogP contribution in [0.4, 0.5) is 21.5 Å². The van der Waals surface area contributed by atoms with Crippen LogP contribution in [0.2, 0.25) is 0 Å². The quantitative estimate of drug-likeness (QED) is 0.661. The highest BCUT2D eigenvalue weighted by atomic mass is 79.9.